The summed E-state index contributed by atoms with van der Waals surface area (Å²) in [5.74, 6) is 0.0337. The molecular weight excluding hydrogens is 523 g/mol. The fourth-order valence-electron chi connectivity index (χ4n) is 4.59. The normalized spacial score (nSPS) is 20.7. The van der Waals surface area contributed by atoms with Crippen LogP contribution >= 0.6 is 34.2 Å². The zero-order chi connectivity index (χ0) is 22.0. The molecule has 2 aliphatic rings. The minimum absolute atomic E-state index is 0.0337. The van der Waals surface area contributed by atoms with Crippen LogP contribution in [0.5, 0.6) is 0 Å². The van der Waals surface area contributed by atoms with Crippen LogP contribution in [0.25, 0.3) is 0 Å². The number of carbonyl (C=O) groups is 1. The van der Waals surface area contributed by atoms with Crippen LogP contribution < -0.4 is 10.2 Å². The van der Waals surface area contributed by atoms with Crippen molar-refractivity contribution in [1.29, 1.82) is 5.26 Å². The third-order valence-corrected chi connectivity index (χ3v) is 7.76. The first-order valence-electron chi connectivity index (χ1n) is 10.6. The Bertz CT molecular complexity index is 1010. The molecule has 0 saturated heterocycles. The molecule has 0 spiro atoms. The van der Waals surface area contributed by atoms with Crippen LogP contribution in [0, 0.1) is 11.3 Å². The number of benzene rings is 2. The van der Waals surface area contributed by atoms with Crippen LogP contribution in [0.1, 0.15) is 52.7 Å². The van der Waals surface area contributed by atoms with E-state index in [1.165, 1.54) is 11.1 Å². The first-order chi connectivity index (χ1) is 15.0. The second kappa shape index (κ2) is 9.76. The fraction of sp³-hybridized carbons (Fsp3) is 0.417. The van der Waals surface area contributed by atoms with Gasteiger partial charge in [0.05, 0.1) is 15.1 Å². The number of nitrogens with one attached hydrogen (secondary N) is 1. The van der Waals surface area contributed by atoms with E-state index < -0.39 is 0 Å². The van der Waals surface area contributed by atoms with Crippen LogP contribution in [-0.4, -0.2) is 34.5 Å². The molecule has 0 bridgehead atoms. The Morgan fingerprint density at radius 2 is 1.94 bits per heavy atom. The summed E-state index contributed by atoms with van der Waals surface area (Å²) in [7, 11) is 2.07. The third-order valence-electron chi connectivity index (χ3n) is 6.49. The van der Waals surface area contributed by atoms with Crippen molar-refractivity contribution in [1.82, 2.24) is 10.2 Å². The van der Waals surface area contributed by atoms with Gasteiger partial charge in [0, 0.05) is 43.5 Å². The molecule has 0 aromatic heterocycles. The molecule has 0 unspecified atom stereocenters. The molecule has 5 nitrogen and oxygen atoms in total. The number of anilines is 1. The minimum atomic E-state index is 0.0337. The van der Waals surface area contributed by atoms with Gasteiger partial charge in [0.25, 0.3) is 5.91 Å². The van der Waals surface area contributed by atoms with E-state index in [9.17, 15) is 4.79 Å². The van der Waals surface area contributed by atoms with Crippen molar-refractivity contribution < 1.29 is 4.79 Å². The summed E-state index contributed by atoms with van der Waals surface area (Å²) in [6.07, 6.45) is 3.93. The summed E-state index contributed by atoms with van der Waals surface area (Å²) < 4.78 is 1.00. The van der Waals surface area contributed by atoms with Gasteiger partial charge in [0.2, 0.25) is 0 Å². The standard InChI is InChI=1S/C24H26ClIN4O/c1-29(22-7-4-17(12-27)23(25)11-22)21-8-5-20(6-9-21)28-24(31)16-2-3-18-13-30(15-26)14-19(18)10-16/h2-4,7,10-11,20-21H,5-6,8-9,13-15H2,1H3,(H,28,31)/t20-,21-. The van der Waals surface area contributed by atoms with E-state index >= 15 is 0 Å². The first kappa shape index (κ1) is 22.4. The average Bonchev–Trinajstić information content (AvgIpc) is 3.21. The van der Waals surface area contributed by atoms with Crippen LogP contribution in [0.2, 0.25) is 5.02 Å². The van der Waals surface area contributed by atoms with Crippen LogP contribution in [0.15, 0.2) is 36.4 Å². The Balaban J connectivity index is 1.32. The van der Waals surface area contributed by atoms with Gasteiger partial charge in [-0.1, -0.05) is 40.3 Å². The predicted octanol–water partition coefficient (Wildman–Crippen LogP) is 5.10. The lowest BCUT2D eigenvalue weighted by Crippen LogP contribution is -2.43. The summed E-state index contributed by atoms with van der Waals surface area (Å²) in [5.41, 5.74) is 4.89. The van der Waals surface area contributed by atoms with Gasteiger partial charge < -0.3 is 10.2 Å². The van der Waals surface area contributed by atoms with E-state index in [0.29, 0.717) is 16.6 Å². The molecule has 1 aliphatic carbocycles. The molecule has 1 fully saturated rings. The smallest absolute Gasteiger partial charge is 0.251 e. The number of nitriles is 1. The Morgan fingerprint density at radius 1 is 1.19 bits per heavy atom. The second-order valence-electron chi connectivity index (χ2n) is 8.46. The molecule has 1 aliphatic heterocycles. The molecule has 1 saturated carbocycles. The summed E-state index contributed by atoms with van der Waals surface area (Å²) in [5, 5.41) is 12.8. The highest BCUT2D eigenvalue weighted by molar-refractivity contribution is 14.1. The van der Waals surface area contributed by atoms with Crippen molar-refractivity contribution >= 4 is 45.8 Å². The maximum atomic E-state index is 12.8. The summed E-state index contributed by atoms with van der Waals surface area (Å²) >= 11 is 8.59. The molecule has 1 heterocycles. The van der Waals surface area contributed by atoms with Crippen molar-refractivity contribution in [3.8, 4) is 6.07 Å². The zero-order valence-electron chi connectivity index (χ0n) is 17.6. The third kappa shape index (κ3) is 5.00. The monoisotopic (exact) mass is 548 g/mol. The number of carbonyl (C=O) groups excluding carboxylic acids is 1. The van der Waals surface area contributed by atoms with E-state index in [0.717, 1.165) is 54.6 Å². The minimum Gasteiger partial charge on any atom is -0.372 e. The number of hydrogen-bond acceptors (Lipinski definition) is 4. The van der Waals surface area contributed by atoms with Gasteiger partial charge in [-0.2, -0.15) is 5.26 Å². The predicted molar refractivity (Wildman–Crippen MR) is 133 cm³/mol. The molecule has 1 N–H and O–H groups in total. The van der Waals surface area contributed by atoms with Gasteiger partial charge in [-0.3, -0.25) is 9.69 Å². The molecule has 2 aromatic rings. The molecule has 1 amide bonds. The quantitative estimate of drug-likeness (QED) is 0.321. The molecule has 162 valence electrons. The topological polar surface area (TPSA) is 59.4 Å². The molecule has 4 rings (SSSR count). The van der Waals surface area contributed by atoms with Gasteiger partial charge in [0.15, 0.2) is 0 Å². The van der Waals surface area contributed by atoms with Crippen molar-refractivity contribution in [2.24, 2.45) is 0 Å². The maximum absolute atomic E-state index is 12.8. The Labute approximate surface area is 202 Å². The van der Waals surface area contributed by atoms with E-state index in [2.05, 4.69) is 63.0 Å². The second-order valence-corrected chi connectivity index (χ2v) is 9.55. The summed E-state index contributed by atoms with van der Waals surface area (Å²) in [6, 6.07) is 14.4. The van der Waals surface area contributed by atoms with Crippen LogP contribution in [-0.2, 0) is 13.1 Å². The van der Waals surface area contributed by atoms with E-state index in [1.54, 1.807) is 6.07 Å². The number of fused-ring (bicyclic) bond motifs is 1. The Morgan fingerprint density at radius 3 is 2.61 bits per heavy atom. The molecule has 31 heavy (non-hydrogen) atoms. The molecule has 2 aromatic carbocycles. The van der Waals surface area contributed by atoms with Gasteiger partial charge in [-0.05, 0) is 67.1 Å². The molecule has 0 atom stereocenters. The molecular formula is C24H26ClIN4O. The summed E-state index contributed by atoms with van der Waals surface area (Å²) in [6.45, 7) is 1.90. The fourth-order valence-corrected chi connectivity index (χ4v) is 5.29. The molecule has 7 heteroatoms. The highest BCUT2D eigenvalue weighted by Crippen LogP contribution is 2.30. The lowest BCUT2D eigenvalue weighted by molar-refractivity contribution is 0.0925. The van der Waals surface area contributed by atoms with E-state index in [-0.39, 0.29) is 11.9 Å². The average molecular weight is 549 g/mol. The largest absolute Gasteiger partial charge is 0.372 e. The highest BCUT2D eigenvalue weighted by Gasteiger charge is 2.26. The summed E-state index contributed by atoms with van der Waals surface area (Å²) in [4.78, 5) is 17.4. The molecule has 0 radical (unpaired) electrons. The number of amides is 1. The zero-order valence-corrected chi connectivity index (χ0v) is 20.5. The Hall–Kier alpha value is -1.82. The van der Waals surface area contributed by atoms with Crippen molar-refractivity contribution in [2.45, 2.75) is 50.9 Å². The van der Waals surface area contributed by atoms with Gasteiger partial charge in [0.1, 0.15) is 6.07 Å². The Kier molecular flexibility index (Phi) is 7.05. The first-order valence-corrected chi connectivity index (χ1v) is 12.5. The number of hydrogen-bond donors (Lipinski definition) is 1. The maximum Gasteiger partial charge on any atom is 0.251 e. The number of nitrogens with zero attached hydrogens (tertiary/aromatic N) is 3. The van der Waals surface area contributed by atoms with Crippen molar-refractivity contribution in [3.05, 3.63) is 63.7 Å². The number of halogens is 2. The van der Waals surface area contributed by atoms with Crippen molar-refractivity contribution in [3.63, 3.8) is 0 Å². The van der Waals surface area contributed by atoms with Crippen molar-refractivity contribution in [2.75, 3.05) is 16.5 Å². The lowest BCUT2D eigenvalue weighted by atomic mass is 9.89. The SMILES string of the molecule is CN(c1ccc(C#N)c(Cl)c1)[C@H]1CC[C@H](NC(=O)c2ccc3c(c2)CN(CI)C3)CC1. The van der Waals surface area contributed by atoms with E-state index in [1.807, 2.05) is 18.2 Å². The van der Waals surface area contributed by atoms with Gasteiger partial charge in [-0.25, -0.2) is 0 Å². The van der Waals surface area contributed by atoms with Gasteiger partial charge >= 0.3 is 0 Å². The number of rotatable bonds is 5. The van der Waals surface area contributed by atoms with Crippen LogP contribution in [0.4, 0.5) is 5.69 Å². The lowest BCUT2D eigenvalue weighted by Gasteiger charge is -2.36. The van der Waals surface area contributed by atoms with Crippen LogP contribution in [0.3, 0.4) is 0 Å². The number of alkyl halides is 1. The van der Waals surface area contributed by atoms with E-state index in [4.69, 9.17) is 16.9 Å². The van der Waals surface area contributed by atoms with Gasteiger partial charge in [-0.15, -0.1) is 0 Å². The highest BCUT2D eigenvalue weighted by atomic mass is 127.